The van der Waals surface area contributed by atoms with E-state index in [1.165, 1.54) is 6.42 Å². The predicted octanol–water partition coefficient (Wildman–Crippen LogP) is 4.12. The lowest BCUT2D eigenvalue weighted by Gasteiger charge is -2.39. The molecule has 19 heavy (non-hydrogen) atoms. The van der Waals surface area contributed by atoms with Crippen LogP contribution in [0.3, 0.4) is 0 Å². The fourth-order valence-corrected chi connectivity index (χ4v) is 3.17. The second-order valence-electron chi connectivity index (χ2n) is 6.09. The van der Waals surface area contributed by atoms with Crippen molar-refractivity contribution in [3.8, 4) is 5.75 Å². The van der Waals surface area contributed by atoms with Crippen molar-refractivity contribution in [2.75, 3.05) is 6.61 Å². The molecular weight excluding hydrogens is 236 g/mol. The third kappa shape index (κ3) is 3.30. The first kappa shape index (κ1) is 14.4. The highest BCUT2D eigenvalue weighted by Crippen LogP contribution is 2.43. The summed E-state index contributed by atoms with van der Waals surface area (Å²) in [5.41, 5.74) is 0.351. The molecule has 2 atom stereocenters. The van der Waals surface area contributed by atoms with E-state index in [-0.39, 0.29) is 0 Å². The fourth-order valence-electron chi connectivity index (χ4n) is 3.17. The van der Waals surface area contributed by atoms with E-state index >= 15 is 0 Å². The smallest absolute Gasteiger partial charge is 0.119 e. The molecule has 1 aromatic rings. The molecule has 0 amide bonds. The van der Waals surface area contributed by atoms with Gasteiger partial charge in [0.1, 0.15) is 5.75 Å². The van der Waals surface area contributed by atoms with E-state index < -0.39 is 5.60 Å². The standard InChI is InChI=1S/C17H26O2/c1-4-19-16-9-5-8-15(11-16)17(18)10-6-7-14(12-17)13(2)3/h5,8-9,11,13-14,18H,4,6-7,10,12H2,1-3H3. The second-order valence-corrected chi connectivity index (χ2v) is 6.09. The first-order valence-corrected chi connectivity index (χ1v) is 7.51. The van der Waals surface area contributed by atoms with Crippen LogP contribution in [0.4, 0.5) is 0 Å². The Bertz CT molecular complexity index is 413. The van der Waals surface area contributed by atoms with Crippen LogP contribution < -0.4 is 4.74 Å². The quantitative estimate of drug-likeness (QED) is 0.884. The summed E-state index contributed by atoms with van der Waals surface area (Å²) in [5.74, 6) is 2.12. The molecule has 1 aromatic carbocycles. The minimum atomic E-state index is -0.666. The zero-order chi connectivity index (χ0) is 13.9. The molecule has 0 bridgehead atoms. The van der Waals surface area contributed by atoms with Crippen molar-refractivity contribution in [3.63, 3.8) is 0 Å². The molecule has 0 heterocycles. The fraction of sp³-hybridized carbons (Fsp3) is 0.647. The highest BCUT2D eigenvalue weighted by atomic mass is 16.5. The summed E-state index contributed by atoms with van der Waals surface area (Å²) in [4.78, 5) is 0. The molecule has 0 saturated heterocycles. The Balaban J connectivity index is 2.20. The van der Waals surface area contributed by atoms with Crippen LogP contribution in [0.5, 0.6) is 5.75 Å². The number of ether oxygens (including phenoxy) is 1. The molecule has 0 aliphatic heterocycles. The Hall–Kier alpha value is -1.02. The molecule has 2 nitrogen and oxygen atoms in total. The average Bonchev–Trinajstić information content (AvgIpc) is 2.39. The van der Waals surface area contributed by atoms with Gasteiger partial charge < -0.3 is 9.84 Å². The van der Waals surface area contributed by atoms with Crippen molar-refractivity contribution in [1.29, 1.82) is 0 Å². The minimum Gasteiger partial charge on any atom is -0.494 e. The van der Waals surface area contributed by atoms with Crippen LogP contribution in [0.1, 0.15) is 52.0 Å². The van der Waals surface area contributed by atoms with Crippen LogP contribution in [0.2, 0.25) is 0 Å². The van der Waals surface area contributed by atoms with Gasteiger partial charge in [-0.1, -0.05) is 26.0 Å². The Morgan fingerprint density at radius 3 is 2.89 bits per heavy atom. The maximum atomic E-state index is 11.0. The molecule has 1 fully saturated rings. The largest absolute Gasteiger partial charge is 0.494 e. The van der Waals surface area contributed by atoms with Crippen LogP contribution in [-0.4, -0.2) is 11.7 Å². The van der Waals surface area contributed by atoms with E-state index in [4.69, 9.17) is 4.74 Å². The van der Waals surface area contributed by atoms with Crippen LogP contribution in [0, 0.1) is 11.8 Å². The Morgan fingerprint density at radius 2 is 2.21 bits per heavy atom. The molecule has 1 N–H and O–H groups in total. The summed E-state index contributed by atoms with van der Waals surface area (Å²) in [6.45, 7) is 7.16. The van der Waals surface area contributed by atoms with Gasteiger partial charge in [0.25, 0.3) is 0 Å². The summed E-state index contributed by atoms with van der Waals surface area (Å²) < 4.78 is 5.55. The monoisotopic (exact) mass is 262 g/mol. The Labute approximate surface area is 116 Å². The molecule has 2 unspecified atom stereocenters. The van der Waals surface area contributed by atoms with Crippen LogP contribution in [0.15, 0.2) is 24.3 Å². The lowest BCUT2D eigenvalue weighted by Crippen LogP contribution is -2.34. The third-order valence-corrected chi connectivity index (χ3v) is 4.39. The first-order valence-electron chi connectivity index (χ1n) is 7.51. The topological polar surface area (TPSA) is 29.5 Å². The summed E-state index contributed by atoms with van der Waals surface area (Å²) in [7, 11) is 0. The van der Waals surface area contributed by atoms with Crippen molar-refractivity contribution in [2.45, 2.75) is 52.1 Å². The zero-order valence-corrected chi connectivity index (χ0v) is 12.4. The van der Waals surface area contributed by atoms with E-state index in [1.54, 1.807) is 0 Å². The number of benzene rings is 1. The zero-order valence-electron chi connectivity index (χ0n) is 12.4. The van der Waals surface area contributed by atoms with Gasteiger partial charge in [-0.2, -0.15) is 0 Å². The highest BCUT2D eigenvalue weighted by molar-refractivity contribution is 5.32. The molecule has 2 heteroatoms. The lowest BCUT2D eigenvalue weighted by atomic mass is 9.71. The number of hydrogen-bond donors (Lipinski definition) is 1. The number of aliphatic hydroxyl groups is 1. The molecule has 0 spiro atoms. The van der Waals surface area contributed by atoms with Gasteiger partial charge in [0.15, 0.2) is 0 Å². The van der Waals surface area contributed by atoms with Gasteiger partial charge in [-0.3, -0.25) is 0 Å². The lowest BCUT2D eigenvalue weighted by molar-refractivity contribution is -0.0296. The molecule has 0 radical (unpaired) electrons. The number of rotatable bonds is 4. The normalized spacial score (nSPS) is 27.5. The van der Waals surface area contributed by atoms with Gasteiger partial charge in [0.05, 0.1) is 12.2 Å². The maximum Gasteiger partial charge on any atom is 0.119 e. The molecule has 2 rings (SSSR count). The maximum absolute atomic E-state index is 11.0. The molecule has 106 valence electrons. The van der Waals surface area contributed by atoms with E-state index in [0.717, 1.165) is 30.6 Å². The van der Waals surface area contributed by atoms with E-state index in [0.29, 0.717) is 18.4 Å². The summed E-state index contributed by atoms with van der Waals surface area (Å²) in [5, 5.41) is 11.0. The second kappa shape index (κ2) is 5.96. The summed E-state index contributed by atoms with van der Waals surface area (Å²) in [6.07, 6.45) is 4.09. The summed E-state index contributed by atoms with van der Waals surface area (Å²) in [6, 6.07) is 7.98. The van der Waals surface area contributed by atoms with Crippen molar-refractivity contribution in [2.24, 2.45) is 11.8 Å². The third-order valence-electron chi connectivity index (χ3n) is 4.39. The van der Waals surface area contributed by atoms with Crippen LogP contribution >= 0.6 is 0 Å². The van der Waals surface area contributed by atoms with Crippen molar-refractivity contribution >= 4 is 0 Å². The van der Waals surface area contributed by atoms with Gasteiger partial charge in [-0.15, -0.1) is 0 Å². The van der Waals surface area contributed by atoms with E-state index in [1.807, 2.05) is 31.2 Å². The SMILES string of the molecule is CCOc1cccc(C2(O)CCCC(C(C)C)C2)c1. The van der Waals surface area contributed by atoms with E-state index in [9.17, 15) is 5.11 Å². The van der Waals surface area contributed by atoms with Crippen LogP contribution in [0.25, 0.3) is 0 Å². The Kier molecular flexibility index (Phi) is 4.51. The highest BCUT2D eigenvalue weighted by Gasteiger charge is 2.36. The average molecular weight is 262 g/mol. The molecule has 0 aromatic heterocycles. The van der Waals surface area contributed by atoms with Crippen molar-refractivity contribution in [3.05, 3.63) is 29.8 Å². The van der Waals surface area contributed by atoms with Crippen molar-refractivity contribution in [1.82, 2.24) is 0 Å². The van der Waals surface area contributed by atoms with Gasteiger partial charge in [0, 0.05) is 0 Å². The predicted molar refractivity (Wildman–Crippen MR) is 78.3 cm³/mol. The van der Waals surface area contributed by atoms with Gasteiger partial charge in [0.2, 0.25) is 0 Å². The van der Waals surface area contributed by atoms with E-state index in [2.05, 4.69) is 13.8 Å². The van der Waals surface area contributed by atoms with Gasteiger partial charge in [-0.05, 0) is 62.1 Å². The van der Waals surface area contributed by atoms with Crippen molar-refractivity contribution < 1.29 is 9.84 Å². The summed E-state index contributed by atoms with van der Waals surface area (Å²) >= 11 is 0. The molecule has 1 saturated carbocycles. The molecule has 1 aliphatic rings. The first-order chi connectivity index (χ1) is 9.05. The van der Waals surface area contributed by atoms with Gasteiger partial charge in [-0.25, -0.2) is 0 Å². The molecular formula is C17H26O2. The Morgan fingerprint density at radius 1 is 1.42 bits per heavy atom. The molecule has 1 aliphatic carbocycles. The minimum absolute atomic E-state index is 0.620. The van der Waals surface area contributed by atoms with Crippen LogP contribution in [-0.2, 0) is 5.60 Å². The van der Waals surface area contributed by atoms with Gasteiger partial charge >= 0.3 is 0 Å². The number of hydrogen-bond acceptors (Lipinski definition) is 2.